The molecule has 0 saturated carbocycles. The number of benzene rings is 11. The molecule has 0 aliphatic rings. The maximum Gasteiger partial charge on any atom is 0.0540 e. The zero-order valence-electron chi connectivity index (χ0n) is 35.9. The van der Waals surface area contributed by atoms with Gasteiger partial charge in [0.25, 0.3) is 0 Å². The summed E-state index contributed by atoms with van der Waals surface area (Å²) in [6.45, 7) is 0. The second-order valence-corrected chi connectivity index (χ2v) is 16.5. The fourth-order valence-electron chi connectivity index (χ4n) is 9.11. The predicted molar refractivity (Wildman–Crippen MR) is 277 cm³/mol. The van der Waals surface area contributed by atoms with Crippen LogP contribution in [0.3, 0.4) is 0 Å². The number of hydrogen-bond donors (Lipinski definition) is 0. The van der Waals surface area contributed by atoms with Gasteiger partial charge in [-0.1, -0.05) is 231 Å². The van der Waals surface area contributed by atoms with Gasteiger partial charge in [0.2, 0.25) is 0 Å². The molecule has 65 heavy (non-hydrogen) atoms. The van der Waals surface area contributed by atoms with Crippen LogP contribution in [-0.2, 0) is 0 Å². The molecule has 0 amide bonds. The lowest BCUT2D eigenvalue weighted by atomic mass is 9.93. The van der Waals surface area contributed by atoms with Gasteiger partial charge in [-0.05, 0) is 126 Å². The van der Waals surface area contributed by atoms with E-state index in [4.69, 9.17) is 0 Å². The van der Waals surface area contributed by atoms with Crippen molar-refractivity contribution >= 4 is 27.8 Å². The summed E-state index contributed by atoms with van der Waals surface area (Å²) in [6.07, 6.45) is 0. The Morgan fingerprint density at radius 3 is 1.11 bits per heavy atom. The second-order valence-electron chi connectivity index (χ2n) is 16.5. The lowest BCUT2D eigenvalue weighted by Gasteiger charge is -2.29. The van der Waals surface area contributed by atoms with Gasteiger partial charge in [-0.15, -0.1) is 0 Å². The van der Waals surface area contributed by atoms with Crippen molar-refractivity contribution in [2.24, 2.45) is 0 Å². The molecule has 0 heterocycles. The van der Waals surface area contributed by atoms with E-state index in [-0.39, 0.29) is 0 Å². The minimum absolute atomic E-state index is 1.08. The van der Waals surface area contributed by atoms with Crippen LogP contribution in [0, 0.1) is 0 Å². The minimum Gasteiger partial charge on any atom is -0.310 e. The maximum atomic E-state index is 2.40. The normalized spacial score (nSPS) is 11.1. The number of fused-ring (bicyclic) bond motifs is 1. The first-order chi connectivity index (χ1) is 32.2. The van der Waals surface area contributed by atoms with Crippen LogP contribution in [0.1, 0.15) is 0 Å². The third-order valence-electron chi connectivity index (χ3n) is 12.5. The fraction of sp³-hybridized carbons (Fsp3) is 0. The molecule has 0 N–H and O–H groups in total. The average molecular weight is 828 g/mol. The standard InChI is InChI=1S/C64H45N/c1-3-14-46(15-4-1)48-26-28-49(29-27-48)51-36-40-59(41-37-51)65(64-25-12-11-24-63(64)62-23-10-9-22-61(62)54-17-5-2-6-18-54)60-42-38-52(39-43-60)50-30-32-53(33-31-50)56-20-13-21-57(44-56)58-35-34-47-16-7-8-19-55(47)45-58/h1-45H. The van der Waals surface area contributed by atoms with E-state index < -0.39 is 0 Å². The first-order valence-corrected chi connectivity index (χ1v) is 22.3. The summed E-state index contributed by atoms with van der Waals surface area (Å²) >= 11 is 0. The largest absolute Gasteiger partial charge is 0.310 e. The Morgan fingerprint density at radius 2 is 0.538 bits per heavy atom. The summed E-state index contributed by atoms with van der Waals surface area (Å²) in [5.41, 5.74) is 20.0. The van der Waals surface area contributed by atoms with E-state index in [9.17, 15) is 0 Å². The van der Waals surface area contributed by atoms with Crippen molar-refractivity contribution in [3.05, 3.63) is 273 Å². The first-order valence-electron chi connectivity index (χ1n) is 22.3. The van der Waals surface area contributed by atoms with Crippen LogP contribution in [0.25, 0.3) is 88.7 Å². The van der Waals surface area contributed by atoms with Crippen molar-refractivity contribution in [2.75, 3.05) is 4.90 Å². The van der Waals surface area contributed by atoms with Gasteiger partial charge in [-0.2, -0.15) is 0 Å². The minimum atomic E-state index is 1.08. The molecule has 11 rings (SSSR count). The summed E-state index contributed by atoms with van der Waals surface area (Å²) in [5, 5.41) is 2.51. The molecule has 1 heteroatoms. The van der Waals surface area contributed by atoms with Crippen LogP contribution in [-0.4, -0.2) is 0 Å². The van der Waals surface area contributed by atoms with Gasteiger partial charge in [0.1, 0.15) is 0 Å². The predicted octanol–water partition coefficient (Wildman–Crippen LogP) is 18.0. The van der Waals surface area contributed by atoms with Crippen LogP contribution in [0.4, 0.5) is 17.1 Å². The molecule has 0 radical (unpaired) electrons. The van der Waals surface area contributed by atoms with Crippen molar-refractivity contribution < 1.29 is 0 Å². The molecule has 0 aliphatic heterocycles. The van der Waals surface area contributed by atoms with E-state index in [1.807, 2.05) is 0 Å². The van der Waals surface area contributed by atoms with Crippen molar-refractivity contribution in [2.45, 2.75) is 0 Å². The van der Waals surface area contributed by atoms with Gasteiger partial charge in [0.05, 0.1) is 5.69 Å². The summed E-state index contributed by atoms with van der Waals surface area (Å²) in [6, 6.07) is 98.7. The SMILES string of the molecule is c1ccc(-c2ccc(-c3ccc(N(c4ccc(-c5ccc(-c6cccc(-c7ccc8ccccc8c7)c6)cc5)cc4)c4ccccc4-c4ccccc4-c4ccccc4)cc3)cc2)cc1. The lowest BCUT2D eigenvalue weighted by Crippen LogP contribution is -2.11. The summed E-state index contributed by atoms with van der Waals surface area (Å²) in [7, 11) is 0. The molecule has 0 bridgehead atoms. The molecule has 0 saturated heterocycles. The summed E-state index contributed by atoms with van der Waals surface area (Å²) in [5.74, 6) is 0. The Kier molecular flexibility index (Phi) is 10.7. The van der Waals surface area contributed by atoms with Crippen LogP contribution in [0.5, 0.6) is 0 Å². The highest BCUT2D eigenvalue weighted by molar-refractivity contribution is 5.94. The number of para-hydroxylation sites is 1. The van der Waals surface area contributed by atoms with Gasteiger partial charge in [0.15, 0.2) is 0 Å². The Morgan fingerprint density at radius 1 is 0.185 bits per heavy atom. The van der Waals surface area contributed by atoms with Crippen LogP contribution in [0.15, 0.2) is 273 Å². The number of nitrogens with zero attached hydrogens (tertiary/aromatic N) is 1. The summed E-state index contributed by atoms with van der Waals surface area (Å²) < 4.78 is 0. The molecule has 0 unspecified atom stereocenters. The van der Waals surface area contributed by atoms with Crippen molar-refractivity contribution in [3.63, 3.8) is 0 Å². The molecular formula is C64H45N. The van der Waals surface area contributed by atoms with E-state index in [1.54, 1.807) is 0 Å². The molecule has 0 spiro atoms. The topological polar surface area (TPSA) is 3.24 Å². The monoisotopic (exact) mass is 827 g/mol. The third-order valence-corrected chi connectivity index (χ3v) is 12.5. The Hall–Kier alpha value is -8.52. The van der Waals surface area contributed by atoms with Gasteiger partial charge in [0, 0.05) is 16.9 Å². The van der Waals surface area contributed by atoms with E-state index >= 15 is 0 Å². The van der Waals surface area contributed by atoms with E-state index in [0.29, 0.717) is 0 Å². The first kappa shape index (κ1) is 39.3. The molecule has 306 valence electrons. The number of anilines is 3. The average Bonchev–Trinajstić information content (AvgIpc) is 3.40. The van der Waals surface area contributed by atoms with E-state index in [2.05, 4.69) is 278 Å². The lowest BCUT2D eigenvalue weighted by molar-refractivity contribution is 1.28. The number of hydrogen-bond acceptors (Lipinski definition) is 1. The van der Waals surface area contributed by atoms with Crippen LogP contribution < -0.4 is 4.90 Å². The molecule has 0 fully saturated rings. The highest BCUT2D eigenvalue weighted by Gasteiger charge is 2.19. The molecule has 11 aromatic carbocycles. The summed E-state index contributed by atoms with van der Waals surface area (Å²) in [4.78, 5) is 2.40. The maximum absolute atomic E-state index is 2.40. The molecule has 0 aromatic heterocycles. The molecule has 11 aromatic rings. The fourth-order valence-corrected chi connectivity index (χ4v) is 9.11. The van der Waals surface area contributed by atoms with Gasteiger partial charge in [-0.3, -0.25) is 0 Å². The smallest absolute Gasteiger partial charge is 0.0540 e. The van der Waals surface area contributed by atoms with Gasteiger partial charge in [-0.25, -0.2) is 0 Å². The van der Waals surface area contributed by atoms with Crippen LogP contribution >= 0.6 is 0 Å². The Balaban J connectivity index is 0.930. The highest BCUT2D eigenvalue weighted by Crippen LogP contribution is 2.44. The Labute approximate surface area is 381 Å². The molecule has 1 nitrogen and oxygen atoms in total. The second kappa shape index (κ2) is 17.7. The van der Waals surface area contributed by atoms with Gasteiger partial charge < -0.3 is 4.90 Å². The highest BCUT2D eigenvalue weighted by atomic mass is 15.1. The van der Waals surface area contributed by atoms with E-state index in [1.165, 1.54) is 83.1 Å². The quantitative estimate of drug-likeness (QED) is 0.133. The van der Waals surface area contributed by atoms with E-state index in [0.717, 1.165) is 22.6 Å². The van der Waals surface area contributed by atoms with Crippen molar-refractivity contribution in [3.8, 4) is 77.9 Å². The molecule has 0 atom stereocenters. The molecule has 0 aliphatic carbocycles. The Bertz CT molecular complexity index is 3370. The van der Waals surface area contributed by atoms with Crippen molar-refractivity contribution in [1.82, 2.24) is 0 Å². The number of rotatable bonds is 10. The zero-order valence-corrected chi connectivity index (χ0v) is 35.9. The zero-order chi connectivity index (χ0) is 43.4. The van der Waals surface area contributed by atoms with Gasteiger partial charge >= 0.3 is 0 Å². The third kappa shape index (κ3) is 8.16. The van der Waals surface area contributed by atoms with Crippen molar-refractivity contribution in [1.29, 1.82) is 0 Å². The van der Waals surface area contributed by atoms with Crippen LogP contribution in [0.2, 0.25) is 0 Å². The molecular weight excluding hydrogens is 783 g/mol.